The Morgan fingerprint density at radius 1 is 1.08 bits per heavy atom. The highest BCUT2D eigenvalue weighted by Crippen LogP contribution is 2.19. The van der Waals surface area contributed by atoms with Gasteiger partial charge in [-0.05, 0) is 55.8 Å². The Morgan fingerprint density at radius 3 is 2.28 bits per heavy atom. The molecule has 0 aliphatic carbocycles. The summed E-state index contributed by atoms with van der Waals surface area (Å²) in [5.74, 6) is -0.617. The predicted octanol–water partition coefficient (Wildman–Crippen LogP) is 4.02. The number of amides is 1. The lowest BCUT2D eigenvalue weighted by Crippen LogP contribution is -2.11. The molecule has 0 spiro atoms. The van der Waals surface area contributed by atoms with Crippen molar-refractivity contribution in [1.29, 1.82) is 0 Å². The van der Waals surface area contributed by atoms with E-state index in [0.29, 0.717) is 11.3 Å². The summed E-state index contributed by atoms with van der Waals surface area (Å²) in [7, 11) is 1.94. The summed E-state index contributed by atoms with van der Waals surface area (Å²) in [6, 6.07) is 13.2. The molecule has 3 aromatic rings. The van der Waals surface area contributed by atoms with Crippen molar-refractivity contribution < 1.29 is 9.18 Å². The molecular formula is C20H20FN3O. The Hall–Kier alpha value is -2.95. The van der Waals surface area contributed by atoms with Gasteiger partial charge in [-0.2, -0.15) is 5.10 Å². The quantitative estimate of drug-likeness (QED) is 0.782. The molecule has 1 aromatic heterocycles. The Bertz CT molecular complexity index is 896. The number of carbonyl (C=O) groups excluding carboxylic acids is 1. The van der Waals surface area contributed by atoms with Gasteiger partial charge in [0.2, 0.25) is 0 Å². The number of anilines is 1. The largest absolute Gasteiger partial charge is 0.322 e. The highest BCUT2D eigenvalue weighted by Gasteiger charge is 2.10. The van der Waals surface area contributed by atoms with Crippen molar-refractivity contribution in [2.75, 3.05) is 5.32 Å². The van der Waals surface area contributed by atoms with Crippen LogP contribution in [0.1, 0.15) is 32.9 Å². The van der Waals surface area contributed by atoms with E-state index in [1.165, 1.54) is 29.8 Å². The molecule has 0 aliphatic rings. The summed E-state index contributed by atoms with van der Waals surface area (Å²) in [6.07, 6.45) is 0.803. The smallest absolute Gasteiger partial charge is 0.255 e. The monoisotopic (exact) mass is 337 g/mol. The third-order valence-corrected chi connectivity index (χ3v) is 4.36. The predicted molar refractivity (Wildman–Crippen MR) is 96.3 cm³/mol. The number of hydrogen-bond donors (Lipinski definition) is 1. The van der Waals surface area contributed by atoms with Crippen LogP contribution in [0.5, 0.6) is 0 Å². The van der Waals surface area contributed by atoms with E-state index >= 15 is 0 Å². The van der Waals surface area contributed by atoms with Gasteiger partial charge in [0.25, 0.3) is 5.91 Å². The minimum atomic E-state index is -0.359. The second-order valence-electron chi connectivity index (χ2n) is 6.11. The second kappa shape index (κ2) is 6.89. The first-order chi connectivity index (χ1) is 11.9. The highest BCUT2D eigenvalue weighted by molar-refractivity contribution is 6.04. The Kier molecular flexibility index (Phi) is 4.65. The first kappa shape index (κ1) is 16.9. The van der Waals surface area contributed by atoms with Crippen molar-refractivity contribution in [3.05, 3.63) is 82.4 Å². The van der Waals surface area contributed by atoms with Gasteiger partial charge < -0.3 is 5.32 Å². The van der Waals surface area contributed by atoms with Crippen LogP contribution in [0, 0.1) is 19.7 Å². The van der Waals surface area contributed by atoms with Gasteiger partial charge in [-0.1, -0.05) is 12.1 Å². The first-order valence-corrected chi connectivity index (χ1v) is 8.09. The number of benzene rings is 2. The zero-order chi connectivity index (χ0) is 18.0. The third-order valence-electron chi connectivity index (χ3n) is 4.36. The summed E-state index contributed by atoms with van der Waals surface area (Å²) >= 11 is 0. The fourth-order valence-electron chi connectivity index (χ4n) is 2.79. The van der Waals surface area contributed by atoms with Crippen molar-refractivity contribution in [3.63, 3.8) is 0 Å². The van der Waals surface area contributed by atoms with Gasteiger partial charge in [0.15, 0.2) is 0 Å². The number of aryl methyl sites for hydroxylation is 2. The van der Waals surface area contributed by atoms with Gasteiger partial charge >= 0.3 is 0 Å². The number of carbonyl (C=O) groups is 1. The molecule has 1 N–H and O–H groups in total. The second-order valence-corrected chi connectivity index (χ2v) is 6.11. The molecule has 0 bridgehead atoms. The molecule has 5 heteroatoms. The number of rotatable bonds is 4. The van der Waals surface area contributed by atoms with Gasteiger partial charge in [0.1, 0.15) is 5.82 Å². The van der Waals surface area contributed by atoms with Crippen LogP contribution in [0.2, 0.25) is 0 Å². The average Bonchev–Trinajstić information content (AvgIpc) is 2.83. The van der Waals surface area contributed by atoms with Gasteiger partial charge in [0.05, 0.1) is 5.69 Å². The summed E-state index contributed by atoms with van der Waals surface area (Å²) in [5, 5.41) is 7.25. The maximum Gasteiger partial charge on any atom is 0.255 e. The summed E-state index contributed by atoms with van der Waals surface area (Å²) < 4.78 is 14.8. The van der Waals surface area contributed by atoms with Crippen molar-refractivity contribution >= 4 is 11.6 Å². The normalized spacial score (nSPS) is 10.7. The first-order valence-electron chi connectivity index (χ1n) is 8.09. The van der Waals surface area contributed by atoms with Crippen molar-refractivity contribution in [1.82, 2.24) is 9.78 Å². The maximum atomic E-state index is 12.9. The molecule has 0 saturated carbocycles. The number of halogens is 1. The van der Waals surface area contributed by atoms with E-state index in [1.54, 1.807) is 0 Å². The van der Waals surface area contributed by atoms with E-state index in [0.717, 1.165) is 23.4 Å². The van der Waals surface area contributed by atoms with Gasteiger partial charge in [-0.15, -0.1) is 0 Å². The van der Waals surface area contributed by atoms with Crippen LogP contribution in [0.3, 0.4) is 0 Å². The fraction of sp³-hybridized carbons (Fsp3) is 0.200. The van der Waals surface area contributed by atoms with Crippen molar-refractivity contribution in [2.24, 2.45) is 7.05 Å². The lowest BCUT2D eigenvalue weighted by molar-refractivity contribution is 0.102. The van der Waals surface area contributed by atoms with Crippen LogP contribution in [0.15, 0.2) is 48.5 Å². The van der Waals surface area contributed by atoms with Crippen LogP contribution < -0.4 is 5.32 Å². The molecule has 128 valence electrons. The molecule has 0 fully saturated rings. The van der Waals surface area contributed by atoms with E-state index in [1.807, 2.05) is 42.9 Å². The van der Waals surface area contributed by atoms with Crippen LogP contribution in [-0.2, 0) is 13.5 Å². The topological polar surface area (TPSA) is 46.9 Å². The third kappa shape index (κ3) is 3.76. The zero-order valence-electron chi connectivity index (χ0n) is 14.5. The molecule has 1 heterocycles. The van der Waals surface area contributed by atoms with Crippen LogP contribution in [-0.4, -0.2) is 15.7 Å². The van der Waals surface area contributed by atoms with E-state index in [9.17, 15) is 9.18 Å². The van der Waals surface area contributed by atoms with Crippen LogP contribution in [0.4, 0.5) is 10.1 Å². The minimum Gasteiger partial charge on any atom is -0.322 e. The highest BCUT2D eigenvalue weighted by atomic mass is 19.1. The molecule has 0 atom stereocenters. The molecule has 3 rings (SSSR count). The van der Waals surface area contributed by atoms with E-state index in [2.05, 4.69) is 17.3 Å². The van der Waals surface area contributed by atoms with Crippen LogP contribution in [0.25, 0.3) is 0 Å². The van der Waals surface area contributed by atoms with Gasteiger partial charge in [0, 0.05) is 36.0 Å². The molecule has 1 amide bonds. The molecule has 0 radical (unpaired) electrons. The Balaban J connectivity index is 1.70. The molecule has 25 heavy (non-hydrogen) atoms. The van der Waals surface area contributed by atoms with Crippen LogP contribution >= 0.6 is 0 Å². The minimum absolute atomic E-state index is 0.258. The Labute approximate surface area is 146 Å². The summed E-state index contributed by atoms with van der Waals surface area (Å²) in [5.41, 5.74) is 5.70. The molecular weight excluding hydrogens is 317 g/mol. The SMILES string of the molecule is Cc1nn(C)c(C)c1Cc1ccc(NC(=O)c2ccc(F)cc2)cc1. The molecule has 0 aliphatic heterocycles. The average molecular weight is 337 g/mol. The molecule has 0 unspecified atom stereocenters. The summed E-state index contributed by atoms with van der Waals surface area (Å²) in [4.78, 5) is 12.1. The fourth-order valence-corrected chi connectivity index (χ4v) is 2.79. The number of hydrogen-bond acceptors (Lipinski definition) is 2. The maximum absolute atomic E-state index is 12.9. The lowest BCUT2D eigenvalue weighted by Gasteiger charge is -2.07. The molecule has 4 nitrogen and oxygen atoms in total. The van der Waals surface area contributed by atoms with E-state index in [4.69, 9.17) is 0 Å². The zero-order valence-corrected chi connectivity index (χ0v) is 14.5. The van der Waals surface area contributed by atoms with E-state index in [-0.39, 0.29) is 11.7 Å². The number of aromatic nitrogens is 2. The van der Waals surface area contributed by atoms with E-state index < -0.39 is 0 Å². The van der Waals surface area contributed by atoms with Gasteiger partial charge in [-0.3, -0.25) is 9.48 Å². The standard InChI is InChI=1S/C20H20FN3O/c1-13-19(14(2)24(3)23-13)12-15-4-10-18(11-5-15)22-20(25)16-6-8-17(21)9-7-16/h4-11H,12H2,1-3H3,(H,22,25). The number of nitrogens with one attached hydrogen (secondary N) is 1. The van der Waals surface area contributed by atoms with Gasteiger partial charge in [-0.25, -0.2) is 4.39 Å². The summed E-state index contributed by atoms with van der Waals surface area (Å²) in [6.45, 7) is 4.08. The molecule has 2 aromatic carbocycles. The van der Waals surface area contributed by atoms with Crippen molar-refractivity contribution in [2.45, 2.75) is 20.3 Å². The number of nitrogens with zero attached hydrogens (tertiary/aromatic N) is 2. The molecule has 0 saturated heterocycles. The Morgan fingerprint density at radius 2 is 1.72 bits per heavy atom. The lowest BCUT2D eigenvalue weighted by atomic mass is 10.0. The van der Waals surface area contributed by atoms with Crippen molar-refractivity contribution in [3.8, 4) is 0 Å².